The Hall–Kier alpha value is -0.121. The number of hydrogen-bond donors (Lipinski definition) is 0. The van der Waals surface area contributed by atoms with Gasteiger partial charge < -0.3 is 0 Å². The summed E-state index contributed by atoms with van der Waals surface area (Å²) in [7, 11) is 0. The molecule has 0 N–H and O–H groups in total. The Labute approximate surface area is 75.5 Å². The van der Waals surface area contributed by atoms with Gasteiger partial charge in [0.15, 0.2) is 0 Å². The summed E-state index contributed by atoms with van der Waals surface area (Å²) < 4.78 is 26.4. The second-order valence-corrected chi connectivity index (χ2v) is 18.3. The average molecular weight is 277 g/mol. The van der Waals surface area contributed by atoms with E-state index in [4.69, 9.17) is 0 Å². The van der Waals surface area contributed by atoms with Gasteiger partial charge in [0.25, 0.3) is 0 Å². The first-order valence-corrected chi connectivity index (χ1v) is 13.9. The molecule has 0 atom stereocenters. The Morgan fingerprint density at radius 3 is 2.08 bits per heavy atom. The third-order valence-corrected chi connectivity index (χ3v) is 7.51. The molecule has 0 saturated carbocycles. The molecule has 3 heteroatoms. The second kappa shape index (κ2) is 3.32. The van der Waals surface area contributed by atoms with Crippen molar-refractivity contribution in [3.63, 3.8) is 0 Å². The van der Waals surface area contributed by atoms with Gasteiger partial charge in [0, 0.05) is 0 Å². The average Bonchev–Trinajstić information content (AvgIpc) is 1.83. The molecule has 0 aromatic heterocycles. The van der Waals surface area contributed by atoms with Gasteiger partial charge in [-0.1, -0.05) is 0 Å². The standard InChI is InChI=1S/C6H3F2.3CH3.Sn/c7-5-2-1-3-6(8)4-5;;;;/h1-2,4H;3*1H3;. The predicted octanol–water partition coefficient (Wildman–Crippen LogP) is 2.51. The van der Waals surface area contributed by atoms with Crippen LogP contribution < -0.4 is 3.58 Å². The summed E-state index contributed by atoms with van der Waals surface area (Å²) in [5, 5.41) is 0. The molecule has 0 nitrogen and oxygen atoms in total. The van der Waals surface area contributed by atoms with Gasteiger partial charge in [-0.05, 0) is 0 Å². The fourth-order valence-electron chi connectivity index (χ4n) is 1.10. The molecule has 0 radical (unpaired) electrons. The van der Waals surface area contributed by atoms with Gasteiger partial charge in [0.2, 0.25) is 0 Å². The quantitative estimate of drug-likeness (QED) is 0.692. The van der Waals surface area contributed by atoms with Crippen LogP contribution in [0.15, 0.2) is 18.2 Å². The number of benzene rings is 1. The molecular formula is C9H12F2Sn. The molecule has 1 rings (SSSR count). The van der Waals surface area contributed by atoms with Crippen LogP contribution >= 0.6 is 0 Å². The van der Waals surface area contributed by atoms with Crippen LogP contribution in [0.4, 0.5) is 8.78 Å². The number of hydrogen-bond acceptors (Lipinski definition) is 0. The van der Waals surface area contributed by atoms with Crippen LogP contribution in [-0.2, 0) is 0 Å². The maximum absolute atomic E-state index is 13.2. The van der Waals surface area contributed by atoms with Gasteiger partial charge in [0.05, 0.1) is 0 Å². The van der Waals surface area contributed by atoms with E-state index in [0.29, 0.717) is 0 Å². The summed E-state index contributed by atoms with van der Waals surface area (Å²) in [4.78, 5) is 6.31. The van der Waals surface area contributed by atoms with Crippen molar-refractivity contribution in [2.24, 2.45) is 0 Å². The minimum absolute atomic E-state index is 0.377. The number of rotatable bonds is 1. The molecule has 0 heterocycles. The fraction of sp³-hybridized carbons (Fsp3) is 0.333. The van der Waals surface area contributed by atoms with Crippen molar-refractivity contribution in [1.82, 2.24) is 0 Å². The summed E-state index contributed by atoms with van der Waals surface area (Å²) in [6.07, 6.45) is 0. The second-order valence-electron chi connectivity index (χ2n) is 3.87. The van der Waals surface area contributed by atoms with Crippen LogP contribution in [0.5, 0.6) is 0 Å². The molecule has 0 amide bonds. The van der Waals surface area contributed by atoms with Crippen molar-refractivity contribution < 1.29 is 8.78 Å². The Bertz CT molecular complexity index is 289. The third kappa shape index (κ3) is 2.19. The van der Waals surface area contributed by atoms with E-state index in [9.17, 15) is 8.78 Å². The van der Waals surface area contributed by atoms with Crippen molar-refractivity contribution >= 4 is 22.0 Å². The normalized spacial score (nSPS) is 11.8. The van der Waals surface area contributed by atoms with Crippen LogP contribution in [0.2, 0.25) is 14.8 Å². The van der Waals surface area contributed by atoms with E-state index in [2.05, 4.69) is 14.8 Å². The summed E-state index contributed by atoms with van der Waals surface area (Å²) >= 11 is -2.35. The molecule has 0 aliphatic heterocycles. The maximum atomic E-state index is 13.2. The van der Waals surface area contributed by atoms with Crippen LogP contribution in [-0.4, -0.2) is 18.4 Å². The summed E-state index contributed by atoms with van der Waals surface area (Å²) in [5.41, 5.74) is 0. The summed E-state index contributed by atoms with van der Waals surface area (Å²) in [6.45, 7) is 0. The monoisotopic (exact) mass is 278 g/mol. The van der Waals surface area contributed by atoms with Gasteiger partial charge in [-0.3, -0.25) is 0 Å². The van der Waals surface area contributed by atoms with Gasteiger partial charge in [-0.15, -0.1) is 0 Å². The molecule has 66 valence electrons. The fourth-order valence-corrected chi connectivity index (χ4v) is 5.01. The van der Waals surface area contributed by atoms with Crippen molar-refractivity contribution in [3.8, 4) is 0 Å². The zero-order chi connectivity index (χ0) is 9.35. The minimum atomic E-state index is -2.35. The van der Waals surface area contributed by atoms with E-state index in [1.54, 1.807) is 6.07 Å². The van der Waals surface area contributed by atoms with Crippen molar-refractivity contribution in [1.29, 1.82) is 0 Å². The molecule has 0 fully saturated rings. The molecule has 12 heavy (non-hydrogen) atoms. The van der Waals surface area contributed by atoms with E-state index in [0.717, 1.165) is 9.65 Å². The Morgan fingerprint density at radius 2 is 1.67 bits per heavy atom. The first kappa shape index (κ1) is 9.96. The number of halogens is 2. The molecule has 0 aliphatic rings. The van der Waals surface area contributed by atoms with Gasteiger partial charge in [-0.2, -0.15) is 0 Å². The molecule has 0 saturated heterocycles. The topological polar surface area (TPSA) is 0 Å². The van der Waals surface area contributed by atoms with E-state index in [-0.39, 0.29) is 5.82 Å². The van der Waals surface area contributed by atoms with E-state index < -0.39 is 24.2 Å². The SMILES string of the molecule is [CH3][Sn]([CH3])([CH3])[c]1ccc(F)cc1F. The molecule has 1 aromatic carbocycles. The zero-order valence-corrected chi connectivity index (χ0v) is 10.3. The van der Waals surface area contributed by atoms with Crippen LogP contribution in [0.25, 0.3) is 0 Å². The van der Waals surface area contributed by atoms with Gasteiger partial charge in [0.1, 0.15) is 0 Å². The van der Waals surface area contributed by atoms with Crippen LogP contribution in [0.1, 0.15) is 0 Å². The summed E-state index contributed by atoms with van der Waals surface area (Å²) in [5.74, 6) is -0.870. The Morgan fingerprint density at radius 1 is 1.08 bits per heavy atom. The molecule has 1 aromatic rings. The molecule has 0 unspecified atom stereocenters. The van der Waals surface area contributed by atoms with E-state index in [1.165, 1.54) is 6.07 Å². The Balaban J connectivity index is 3.19. The molecule has 0 spiro atoms. The first-order chi connectivity index (χ1) is 5.41. The van der Waals surface area contributed by atoms with E-state index in [1.807, 2.05) is 0 Å². The van der Waals surface area contributed by atoms with Crippen LogP contribution in [0, 0.1) is 11.6 Å². The first-order valence-electron chi connectivity index (χ1n) is 3.87. The van der Waals surface area contributed by atoms with Crippen molar-refractivity contribution in [2.45, 2.75) is 14.8 Å². The van der Waals surface area contributed by atoms with Gasteiger partial charge >= 0.3 is 75.4 Å². The molecular weight excluding hydrogens is 265 g/mol. The van der Waals surface area contributed by atoms with E-state index >= 15 is 0 Å². The third-order valence-electron chi connectivity index (χ3n) is 1.74. The van der Waals surface area contributed by atoms with Crippen LogP contribution in [0.3, 0.4) is 0 Å². The molecule has 0 aliphatic carbocycles. The predicted molar refractivity (Wildman–Crippen MR) is 49.3 cm³/mol. The van der Waals surface area contributed by atoms with Gasteiger partial charge in [-0.25, -0.2) is 0 Å². The summed E-state index contributed by atoms with van der Waals surface area (Å²) in [6, 6.07) is 3.89. The van der Waals surface area contributed by atoms with Crippen molar-refractivity contribution in [3.05, 3.63) is 29.8 Å². The molecule has 0 bridgehead atoms. The Kier molecular flexibility index (Phi) is 2.76. The van der Waals surface area contributed by atoms with Crippen molar-refractivity contribution in [2.75, 3.05) is 0 Å². The zero-order valence-electron chi connectivity index (χ0n) is 7.49.